The van der Waals surface area contributed by atoms with Gasteiger partial charge < -0.3 is 18.9 Å². The van der Waals surface area contributed by atoms with E-state index in [-0.39, 0.29) is 32.0 Å². The molecule has 0 spiro atoms. The van der Waals surface area contributed by atoms with E-state index < -0.39 is 26.5 Å². The predicted octanol–water partition coefficient (Wildman–Crippen LogP) is 10.6. The fourth-order valence-corrected chi connectivity index (χ4v) is 6.10. The van der Waals surface area contributed by atoms with Crippen molar-refractivity contribution in [2.45, 2.75) is 180 Å². The predicted molar refractivity (Wildman–Crippen MR) is 201 cm³/mol. The fraction of sp³-hybridized carbons (Fsp3) is 0.897. The number of hydrogen-bond acceptors (Lipinski definition) is 7. The minimum atomic E-state index is -4.36. The molecule has 0 saturated heterocycles. The van der Waals surface area contributed by atoms with Gasteiger partial charge in [-0.1, -0.05) is 135 Å². The first-order valence-electron chi connectivity index (χ1n) is 19.9. The van der Waals surface area contributed by atoms with E-state index in [1.54, 1.807) is 0 Å². The lowest BCUT2D eigenvalue weighted by molar-refractivity contribution is -0.870. The van der Waals surface area contributed by atoms with Crippen LogP contribution in [0.4, 0.5) is 0 Å². The summed E-state index contributed by atoms with van der Waals surface area (Å²) in [6, 6.07) is 0. The van der Waals surface area contributed by atoms with Gasteiger partial charge in [-0.2, -0.15) is 0 Å². The molecule has 0 aromatic carbocycles. The minimum absolute atomic E-state index is 0.0332. The quantitative estimate of drug-likeness (QED) is 0.0224. The van der Waals surface area contributed by atoms with Gasteiger partial charge in [0.1, 0.15) is 19.8 Å². The van der Waals surface area contributed by atoms with E-state index >= 15 is 0 Å². The number of esters is 2. The van der Waals surface area contributed by atoms with Gasteiger partial charge >= 0.3 is 19.8 Å². The molecular weight excluding hydrogens is 641 g/mol. The first-order chi connectivity index (χ1) is 23.5. The van der Waals surface area contributed by atoms with Gasteiger partial charge in [0, 0.05) is 12.8 Å². The molecule has 0 saturated carbocycles. The van der Waals surface area contributed by atoms with Crippen molar-refractivity contribution in [1.82, 2.24) is 0 Å². The Kier molecular flexibility index (Phi) is 31.8. The molecule has 0 aliphatic carbocycles. The molecule has 0 radical (unpaired) electrons. The summed E-state index contributed by atoms with van der Waals surface area (Å²) < 4.78 is 34.2. The molecule has 1 N–H and O–H groups in total. The number of likely N-dealkylation sites (N-methyl/N-ethyl adjacent to an activating group) is 1. The molecule has 0 aliphatic heterocycles. The van der Waals surface area contributed by atoms with Crippen LogP contribution in [0.1, 0.15) is 174 Å². The number of nitrogens with zero attached hydrogens (tertiary/aromatic N) is 1. The molecule has 0 aromatic heterocycles. The first kappa shape index (κ1) is 47.8. The van der Waals surface area contributed by atoms with Gasteiger partial charge in [0.25, 0.3) is 0 Å². The number of carbonyl (C=O) groups is 2. The van der Waals surface area contributed by atoms with E-state index in [0.29, 0.717) is 17.4 Å². The number of carbonyl (C=O) groups excluding carboxylic acids is 2. The second kappa shape index (κ2) is 32.6. The maximum absolute atomic E-state index is 12.6. The van der Waals surface area contributed by atoms with Crippen molar-refractivity contribution in [3.63, 3.8) is 0 Å². The Balaban J connectivity index is 4.41. The lowest BCUT2D eigenvalue weighted by Gasteiger charge is -2.24. The van der Waals surface area contributed by atoms with Crippen LogP contribution in [0.3, 0.4) is 0 Å². The Hall–Kier alpha value is -1.25. The number of ether oxygens (including phenoxy) is 2. The Labute approximate surface area is 301 Å². The topological polar surface area (TPSA) is 108 Å². The average Bonchev–Trinajstić information content (AvgIpc) is 3.04. The molecule has 0 aliphatic rings. The molecule has 2 atom stereocenters. The molecule has 49 heavy (non-hydrogen) atoms. The summed E-state index contributed by atoms with van der Waals surface area (Å²) in [5.74, 6) is -0.805. The van der Waals surface area contributed by atoms with E-state index in [1.807, 2.05) is 21.1 Å². The van der Waals surface area contributed by atoms with E-state index in [2.05, 4.69) is 26.0 Å². The summed E-state index contributed by atoms with van der Waals surface area (Å²) in [5.41, 5.74) is 0. The van der Waals surface area contributed by atoms with Gasteiger partial charge in [-0.3, -0.25) is 18.6 Å². The molecule has 0 fully saturated rings. The third-order valence-electron chi connectivity index (χ3n) is 8.55. The van der Waals surface area contributed by atoms with Crippen LogP contribution in [-0.4, -0.2) is 74.9 Å². The zero-order valence-electron chi connectivity index (χ0n) is 32.4. The second-order valence-corrected chi connectivity index (χ2v) is 16.1. The molecule has 0 rings (SSSR count). The highest BCUT2D eigenvalue weighted by atomic mass is 31.2. The maximum atomic E-state index is 12.6. The summed E-state index contributed by atoms with van der Waals surface area (Å²) in [5, 5.41) is 0. The molecule has 0 heterocycles. The lowest BCUT2D eigenvalue weighted by Crippen LogP contribution is -2.37. The molecule has 0 bridgehead atoms. The number of allylic oxidation sites excluding steroid dienone is 2. The molecule has 1 unspecified atom stereocenters. The third kappa shape index (κ3) is 36.3. The highest BCUT2D eigenvalue weighted by molar-refractivity contribution is 7.47. The SMILES string of the molecule is CCCCCCC/C=C/CCCCCCCC(=O)OC[C@H](COP(=O)(O)OCC[N+](C)(C)C)OC(=O)CCCCCCCCCCCCC. The Bertz CT molecular complexity index is 860. The zero-order valence-corrected chi connectivity index (χ0v) is 33.3. The number of quaternary nitrogens is 1. The Morgan fingerprint density at radius 1 is 0.612 bits per heavy atom. The first-order valence-corrected chi connectivity index (χ1v) is 21.4. The van der Waals surface area contributed by atoms with Gasteiger partial charge in [0.15, 0.2) is 6.10 Å². The van der Waals surface area contributed by atoms with Crippen molar-refractivity contribution in [2.75, 3.05) is 47.5 Å². The Morgan fingerprint density at radius 2 is 1.04 bits per heavy atom. The summed E-state index contributed by atoms with van der Waals surface area (Å²) >= 11 is 0. The van der Waals surface area contributed by atoms with Crippen molar-refractivity contribution < 1.29 is 42.1 Å². The summed E-state index contributed by atoms with van der Waals surface area (Å²) in [6.45, 7) is 4.39. The number of rotatable bonds is 36. The van der Waals surface area contributed by atoms with Crippen molar-refractivity contribution in [3.05, 3.63) is 12.2 Å². The number of phosphoric ester groups is 1. The van der Waals surface area contributed by atoms with Crippen molar-refractivity contribution >= 4 is 19.8 Å². The summed E-state index contributed by atoms with van der Waals surface area (Å²) in [7, 11) is 1.48. The van der Waals surface area contributed by atoms with Crippen LogP contribution in [0.25, 0.3) is 0 Å². The molecule has 10 heteroatoms. The standard InChI is InChI=1S/C39H76NO8P/c1-6-8-10-12-14-16-18-19-20-22-23-25-27-29-31-38(41)45-35-37(36-47-49(43,44)46-34-33-40(3,4)5)48-39(42)32-30-28-26-24-21-17-15-13-11-9-7-2/h18-19,37H,6-17,20-36H2,1-5H3/p+1/b19-18+/t37-/m1/s1. The highest BCUT2D eigenvalue weighted by Crippen LogP contribution is 2.43. The number of phosphoric acid groups is 1. The van der Waals surface area contributed by atoms with E-state index in [9.17, 15) is 19.0 Å². The summed E-state index contributed by atoms with van der Waals surface area (Å²) in [4.78, 5) is 35.2. The number of unbranched alkanes of at least 4 members (excludes halogenated alkanes) is 20. The Morgan fingerprint density at radius 3 is 1.51 bits per heavy atom. The van der Waals surface area contributed by atoms with Gasteiger partial charge in [-0.05, 0) is 38.5 Å². The van der Waals surface area contributed by atoms with Crippen molar-refractivity contribution in [3.8, 4) is 0 Å². The van der Waals surface area contributed by atoms with Crippen LogP contribution in [0, 0.1) is 0 Å². The monoisotopic (exact) mass is 719 g/mol. The van der Waals surface area contributed by atoms with E-state index in [4.69, 9.17) is 18.5 Å². The zero-order chi connectivity index (χ0) is 36.5. The van der Waals surface area contributed by atoms with Crippen molar-refractivity contribution in [2.24, 2.45) is 0 Å². The molecule has 290 valence electrons. The van der Waals surface area contributed by atoms with Crippen LogP contribution < -0.4 is 0 Å². The molecule has 0 aromatic rings. The fourth-order valence-electron chi connectivity index (χ4n) is 5.36. The maximum Gasteiger partial charge on any atom is 0.472 e. The van der Waals surface area contributed by atoms with Crippen LogP contribution in [0.5, 0.6) is 0 Å². The minimum Gasteiger partial charge on any atom is -0.462 e. The van der Waals surface area contributed by atoms with E-state index in [1.165, 1.54) is 89.9 Å². The van der Waals surface area contributed by atoms with Gasteiger partial charge in [-0.15, -0.1) is 0 Å². The van der Waals surface area contributed by atoms with Crippen LogP contribution in [0.2, 0.25) is 0 Å². The normalized spacial score (nSPS) is 13.8. The molecule has 9 nitrogen and oxygen atoms in total. The van der Waals surface area contributed by atoms with Crippen LogP contribution in [0.15, 0.2) is 12.2 Å². The molecule has 0 amide bonds. The van der Waals surface area contributed by atoms with Gasteiger partial charge in [0.2, 0.25) is 0 Å². The lowest BCUT2D eigenvalue weighted by atomic mass is 10.1. The third-order valence-corrected chi connectivity index (χ3v) is 9.53. The number of hydrogen-bond donors (Lipinski definition) is 1. The van der Waals surface area contributed by atoms with Crippen LogP contribution >= 0.6 is 7.82 Å². The summed E-state index contributed by atoms with van der Waals surface area (Å²) in [6.07, 6.45) is 31.1. The van der Waals surface area contributed by atoms with Crippen LogP contribution in [-0.2, 0) is 32.7 Å². The van der Waals surface area contributed by atoms with Gasteiger partial charge in [0.05, 0.1) is 27.7 Å². The smallest absolute Gasteiger partial charge is 0.462 e. The van der Waals surface area contributed by atoms with Crippen molar-refractivity contribution in [1.29, 1.82) is 0 Å². The second-order valence-electron chi connectivity index (χ2n) is 14.7. The molecular formula is C39H77NO8P+. The van der Waals surface area contributed by atoms with Gasteiger partial charge in [-0.25, -0.2) is 4.57 Å². The largest absolute Gasteiger partial charge is 0.472 e. The average molecular weight is 719 g/mol. The highest BCUT2D eigenvalue weighted by Gasteiger charge is 2.27. The van der Waals surface area contributed by atoms with E-state index in [0.717, 1.165) is 51.4 Å².